The molecule has 0 spiro atoms. The van der Waals surface area contributed by atoms with E-state index in [1.54, 1.807) is 27.8 Å². The minimum atomic E-state index is -1.83. The molecule has 0 aliphatic heterocycles. The molecule has 0 saturated carbocycles. The first-order valence-electron chi connectivity index (χ1n) is 5.19. The third-order valence-corrected chi connectivity index (χ3v) is 4.75. The summed E-state index contributed by atoms with van der Waals surface area (Å²) in [6.45, 7) is 6.00. The summed E-state index contributed by atoms with van der Waals surface area (Å²) in [7, 11) is 5.02. The maximum absolute atomic E-state index is 8.56. The SMILES string of the molecule is C=C.COc1ccc(-c2cc(=S)ss2)cc1.O=C(O)O. The Labute approximate surface area is 129 Å². The van der Waals surface area contributed by atoms with Gasteiger partial charge in [0.15, 0.2) is 0 Å². The first kappa shape index (κ1) is 18.3. The van der Waals surface area contributed by atoms with Gasteiger partial charge in [0, 0.05) is 4.88 Å². The van der Waals surface area contributed by atoms with Gasteiger partial charge < -0.3 is 14.9 Å². The lowest BCUT2D eigenvalue weighted by Crippen LogP contribution is -1.81. The number of rotatable bonds is 2. The number of methoxy groups -OCH3 is 1. The van der Waals surface area contributed by atoms with Gasteiger partial charge in [-0.15, -0.1) is 13.2 Å². The molecule has 0 saturated heterocycles. The third-order valence-electron chi connectivity index (χ3n) is 1.84. The average molecular weight is 330 g/mol. The molecule has 4 nitrogen and oxygen atoms in total. The summed E-state index contributed by atoms with van der Waals surface area (Å²) in [5, 5.41) is 13.9. The van der Waals surface area contributed by atoms with Gasteiger partial charge in [-0.2, -0.15) is 0 Å². The van der Waals surface area contributed by atoms with Gasteiger partial charge in [-0.3, -0.25) is 0 Å². The molecule has 0 atom stereocenters. The predicted molar refractivity (Wildman–Crippen MR) is 86.9 cm³/mol. The van der Waals surface area contributed by atoms with Gasteiger partial charge in [-0.05, 0) is 35.9 Å². The first-order chi connectivity index (χ1) is 9.52. The molecular formula is C13H14O4S3. The molecule has 0 aliphatic carbocycles. The van der Waals surface area contributed by atoms with Crippen LogP contribution in [0.25, 0.3) is 10.4 Å². The summed E-state index contributed by atoms with van der Waals surface area (Å²) in [5.74, 6) is 0.882. The average Bonchev–Trinajstić information content (AvgIpc) is 2.87. The van der Waals surface area contributed by atoms with Gasteiger partial charge in [-0.1, -0.05) is 32.9 Å². The van der Waals surface area contributed by atoms with E-state index in [2.05, 4.69) is 13.2 Å². The summed E-state index contributed by atoms with van der Waals surface area (Å²) in [5.41, 5.74) is 1.20. The molecule has 20 heavy (non-hydrogen) atoms. The lowest BCUT2D eigenvalue weighted by molar-refractivity contribution is 0.137. The van der Waals surface area contributed by atoms with Crippen molar-refractivity contribution >= 4 is 39.1 Å². The van der Waals surface area contributed by atoms with E-state index in [0.29, 0.717) is 0 Å². The number of benzene rings is 1. The number of hydrogen-bond acceptors (Lipinski definition) is 5. The van der Waals surface area contributed by atoms with Crippen molar-refractivity contribution < 1.29 is 19.7 Å². The zero-order chi connectivity index (χ0) is 15.5. The van der Waals surface area contributed by atoms with E-state index in [9.17, 15) is 0 Å². The summed E-state index contributed by atoms with van der Waals surface area (Å²) in [6, 6.07) is 10.1. The second-order valence-corrected chi connectivity index (χ2v) is 5.92. The van der Waals surface area contributed by atoms with Gasteiger partial charge >= 0.3 is 6.16 Å². The molecule has 1 heterocycles. The van der Waals surface area contributed by atoms with Crippen LogP contribution in [-0.2, 0) is 0 Å². The summed E-state index contributed by atoms with van der Waals surface area (Å²) < 4.78 is 6.04. The zero-order valence-corrected chi connectivity index (χ0v) is 13.2. The van der Waals surface area contributed by atoms with Crippen molar-refractivity contribution in [3.8, 4) is 16.2 Å². The smallest absolute Gasteiger partial charge is 0.497 e. The fraction of sp³-hybridized carbons (Fsp3) is 0.0769. The molecule has 1 aromatic heterocycles. The molecule has 2 aromatic rings. The summed E-state index contributed by atoms with van der Waals surface area (Å²) in [4.78, 5) is 9.78. The largest absolute Gasteiger partial charge is 0.503 e. The topological polar surface area (TPSA) is 66.8 Å². The fourth-order valence-corrected chi connectivity index (χ4v) is 3.53. The second kappa shape index (κ2) is 10.1. The molecule has 0 radical (unpaired) electrons. The van der Waals surface area contributed by atoms with Crippen molar-refractivity contribution in [2.75, 3.05) is 7.11 Å². The Kier molecular flexibility index (Phi) is 9.27. The molecule has 7 heteroatoms. The minimum absolute atomic E-state index is 0.882. The Morgan fingerprint density at radius 2 is 1.70 bits per heavy atom. The molecule has 1 aromatic carbocycles. The van der Waals surface area contributed by atoms with E-state index in [4.69, 9.17) is 32.0 Å². The van der Waals surface area contributed by atoms with Crippen LogP contribution < -0.4 is 4.74 Å². The predicted octanol–water partition coefficient (Wildman–Crippen LogP) is 5.24. The van der Waals surface area contributed by atoms with Gasteiger partial charge in [0.1, 0.15) is 9.57 Å². The highest BCUT2D eigenvalue weighted by atomic mass is 32.9. The van der Waals surface area contributed by atoms with Crippen LogP contribution in [0.3, 0.4) is 0 Å². The maximum Gasteiger partial charge on any atom is 0.503 e. The van der Waals surface area contributed by atoms with Crippen LogP contribution in [-0.4, -0.2) is 23.5 Å². The number of carbonyl (C=O) groups is 1. The Morgan fingerprint density at radius 1 is 1.20 bits per heavy atom. The van der Waals surface area contributed by atoms with Crippen LogP contribution in [0, 0.1) is 3.82 Å². The fourth-order valence-electron chi connectivity index (χ4n) is 1.13. The van der Waals surface area contributed by atoms with Crippen molar-refractivity contribution in [1.29, 1.82) is 0 Å². The summed E-state index contributed by atoms with van der Waals surface area (Å²) >= 11 is 5.09. The lowest BCUT2D eigenvalue weighted by atomic mass is 10.2. The number of ether oxygens (including phenoxy) is 1. The molecule has 0 aliphatic rings. The lowest BCUT2D eigenvalue weighted by Gasteiger charge is -2.00. The maximum atomic E-state index is 8.56. The minimum Gasteiger partial charge on any atom is -0.497 e. The van der Waals surface area contributed by atoms with Gasteiger partial charge in [-0.25, -0.2) is 4.79 Å². The van der Waals surface area contributed by atoms with Crippen molar-refractivity contribution in [3.63, 3.8) is 0 Å². The van der Waals surface area contributed by atoms with Gasteiger partial charge in [0.05, 0.1) is 7.11 Å². The number of carboxylic acid groups (broad SMARTS) is 2. The molecule has 108 valence electrons. The normalized spacial score (nSPS) is 8.45. The van der Waals surface area contributed by atoms with E-state index in [0.717, 1.165) is 9.57 Å². The first-order valence-corrected chi connectivity index (χ1v) is 7.75. The molecule has 0 fully saturated rings. The van der Waals surface area contributed by atoms with E-state index in [1.807, 2.05) is 30.3 Å². The molecule has 2 rings (SSSR count). The van der Waals surface area contributed by atoms with Crippen LogP contribution in [0.15, 0.2) is 43.5 Å². The zero-order valence-electron chi connectivity index (χ0n) is 10.7. The van der Waals surface area contributed by atoms with Crippen molar-refractivity contribution in [3.05, 3.63) is 47.3 Å². The highest BCUT2D eigenvalue weighted by Crippen LogP contribution is 2.30. The molecule has 0 amide bonds. The molecular weight excluding hydrogens is 316 g/mol. The Bertz CT molecular complexity index is 568. The Hall–Kier alpha value is -1.70. The number of hydrogen-bond donors (Lipinski definition) is 2. The molecule has 0 bridgehead atoms. The van der Waals surface area contributed by atoms with E-state index in [-0.39, 0.29) is 0 Å². The van der Waals surface area contributed by atoms with Crippen molar-refractivity contribution in [2.45, 2.75) is 0 Å². The van der Waals surface area contributed by atoms with Crippen LogP contribution in [0.4, 0.5) is 4.79 Å². The monoisotopic (exact) mass is 330 g/mol. The highest BCUT2D eigenvalue weighted by Gasteiger charge is 2.00. The van der Waals surface area contributed by atoms with E-state index >= 15 is 0 Å². The molecule has 0 unspecified atom stereocenters. The van der Waals surface area contributed by atoms with Gasteiger partial charge in [0.25, 0.3) is 0 Å². The van der Waals surface area contributed by atoms with Crippen LogP contribution in [0.1, 0.15) is 0 Å². The third kappa shape index (κ3) is 7.03. The van der Waals surface area contributed by atoms with Crippen LogP contribution in [0.2, 0.25) is 0 Å². The van der Waals surface area contributed by atoms with Crippen LogP contribution in [0.5, 0.6) is 5.75 Å². The van der Waals surface area contributed by atoms with Crippen molar-refractivity contribution in [1.82, 2.24) is 0 Å². The Morgan fingerprint density at radius 3 is 2.05 bits per heavy atom. The standard InChI is InChI=1S/C10H8OS3.C2H4.CH2O3/c1-11-8-4-2-7(3-5-8)9-6-10(12)14-13-9;1-2;2-1(3)4/h2-6H,1H3;1-2H2;(H2,2,3,4). The second-order valence-electron chi connectivity index (χ2n) is 3.01. The van der Waals surface area contributed by atoms with E-state index in [1.165, 1.54) is 10.4 Å². The quantitative estimate of drug-likeness (QED) is 0.448. The highest BCUT2D eigenvalue weighted by molar-refractivity contribution is 7.80. The Balaban J connectivity index is 0.000000521. The molecule has 2 N–H and O–H groups in total. The van der Waals surface area contributed by atoms with Crippen molar-refractivity contribution in [2.24, 2.45) is 0 Å². The van der Waals surface area contributed by atoms with E-state index < -0.39 is 6.16 Å². The van der Waals surface area contributed by atoms with Gasteiger partial charge in [0.2, 0.25) is 0 Å². The summed E-state index contributed by atoms with van der Waals surface area (Å²) in [6.07, 6.45) is -1.83. The van der Waals surface area contributed by atoms with Crippen LogP contribution >= 0.6 is 32.9 Å².